The summed E-state index contributed by atoms with van der Waals surface area (Å²) < 4.78 is 1.21. The Labute approximate surface area is 138 Å². The van der Waals surface area contributed by atoms with Crippen LogP contribution in [0.3, 0.4) is 0 Å². The second-order valence-corrected chi connectivity index (χ2v) is 6.79. The smallest absolute Gasteiger partial charge is 0.0784 e. The molecule has 1 aromatic rings. The summed E-state index contributed by atoms with van der Waals surface area (Å²) >= 11 is 0. The van der Waals surface area contributed by atoms with Crippen molar-refractivity contribution in [1.82, 2.24) is 0 Å². The van der Waals surface area contributed by atoms with E-state index in [9.17, 15) is 0 Å². The Kier molecular flexibility index (Phi) is 8.55. The van der Waals surface area contributed by atoms with Crippen LogP contribution >= 0.6 is 0 Å². The molecule has 0 fully saturated rings. The molecule has 0 aliphatic carbocycles. The minimum atomic E-state index is 0.601. The molecule has 2 heteroatoms. The minimum absolute atomic E-state index is 0.601. The number of anilines is 1. The standard InChI is InChI=1S/C20H37N2/c1-6-19(7-2)21-20-15-13-18(14-16-20)12-10-11-17-22(5,8-3)9-4/h13-16,19,21H,6-12,17H2,1-5H3/q+1. The predicted molar refractivity (Wildman–Crippen MR) is 99.5 cm³/mol. The Bertz CT molecular complexity index is 389. The molecule has 0 radical (unpaired) electrons. The molecule has 0 heterocycles. The summed E-state index contributed by atoms with van der Waals surface area (Å²) in [6, 6.07) is 9.67. The van der Waals surface area contributed by atoms with Crippen LogP contribution in [0.15, 0.2) is 24.3 Å². The number of benzene rings is 1. The van der Waals surface area contributed by atoms with E-state index >= 15 is 0 Å². The van der Waals surface area contributed by atoms with Gasteiger partial charge in [-0.15, -0.1) is 0 Å². The molecule has 126 valence electrons. The average molecular weight is 306 g/mol. The number of hydrogen-bond donors (Lipinski definition) is 1. The maximum absolute atomic E-state index is 3.61. The summed E-state index contributed by atoms with van der Waals surface area (Å²) in [7, 11) is 2.37. The molecule has 1 rings (SSSR count). The Hall–Kier alpha value is -1.02. The second kappa shape index (κ2) is 9.89. The molecular formula is C20H37N2+. The maximum atomic E-state index is 3.61. The zero-order chi connectivity index (χ0) is 16.4. The topological polar surface area (TPSA) is 12.0 Å². The van der Waals surface area contributed by atoms with Crippen LogP contribution in [0.1, 0.15) is 58.9 Å². The molecular weight excluding hydrogens is 268 g/mol. The monoisotopic (exact) mass is 305 g/mol. The first-order chi connectivity index (χ1) is 10.6. The summed E-state index contributed by atoms with van der Waals surface area (Å²) in [5.74, 6) is 0. The van der Waals surface area contributed by atoms with Crippen molar-refractivity contribution in [2.45, 2.75) is 65.8 Å². The van der Waals surface area contributed by atoms with Crippen LogP contribution in [0.2, 0.25) is 0 Å². The van der Waals surface area contributed by atoms with Crippen LogP contribution in [-0.4, -0.2) is 37.2 Å². The third-order valence-corrected chi connectivity index (χ3v) is 5.25. The van der Waals surface area contributed by atoms with E-state index in [0.717, 1.165) is 0 Å². The summed E-state index contributed by atoms with van der Waals surface area (Å²) in [4.78, 5) is 0. The summed E-state index contributed by atoms with van der Waals surface area (Å²) in [6.07, 6.45) is 6.20. The quantitative estimate of drug-likeness (QED) is 0.443. The lowest BCUT2D eigenvalue weighted by Gasteiger charge is -2.32. The van der Waals surface area contributed by atoms with E-state index < -0.39 is 0 Å². The third kappa shape index (κ3) is 6.39. The highest BCUT2D eigenvalue weighted by atomic mass is 15.3. The fourth-order valence-corrected chi connectivity index (χ4v) is 2.86. The third-order valence-electron chi connectivity index (χ3n) is 5.25. The van der Waals surface area contributed by atoms with Crippen molar-refractivity contribution >= 4 is 5.69 Å². The highest BCUT2D eigenvalue weighted by Crippen LogP contribution is 2.15. The first-order valence-electron chi connectivity index (χ1n) is 9.25. The summed E-state index contributed by atoms with van der Waals surface area (Å²) in [5, 5.41) is 3.61. The van der Waals surface area contributed by atoms with Crippen LogP contribution in [0.25, 0.3) is 0 Å². The van der Waals surface area contributed by atoms with Gasteiger partial charge in [-0.05, 0) is 63.6 Å². The van der Waals surface area contributed by atoms with Gasteiger partial charge in [0.25, 0.3) is 0 Å². The molecule has 0 aliphatic rings. The number of aryl methyl sites for hydroxylation is 1. The first-order valence-corrected chi connectivity index (χ1v) is 9.25. The number of unbranched alkanes of at least 4 members (excludes halogenated alkanes) is 1. The van der Waals surface area contributed by atoms with Crippen LogP contribution in [0, 0.1) is 0 Å². The lowest BCUT2D eigenvalue weighted by molar-refractivity contribution is -0.906. The van der Waals surface area contributed by atoms with Gasteiger partial charge in [0, 0.05) is 11.7 Å². The van der Waals surface area contributed by atoms with Gasteiger partial charge in [0.05, 0.1) is 26.7 Å². The van der Waals surface area contributed by atoms with Crippen molar-refractivity contribution in [3.05, 3.63) is 29.8 Å². The number of quaternary nitrogens is 1. The summed E-state index contributed by atoms with van der Waals surface area (Å²) in [5.41, 5.74) is 2.73. The van der Waals surface area contributed by atoms with Gasteiger partial charge in [0.1, 0.15) is 0 Å². The van der Waals surface area contributed by atoms with E-state index in [-0.39, 0.29) is 0 Å². The van der Waals surface area contributed by atoms with Gasteiger partial charge in [-0.3, -0.25) is 0 Å². The van der Waals surface area contributed by atoms with Crippen LogP contribution in [0.5, 0.6) is 0 Å². The van der Waals surface area contributed by atoms with Crippen LogP contribution in [0.4, 0.5) is 5.69 Å². The van der Waals surface area contributed by atoms with E-state index in [1.807, 2.05) is 0 Å². The zero-order valence-corrected chi connectivity index (χ0v) is 15.5. The number of hydrogen-bond acceptors (Lipinski definition) is 1. The molecule has 0 spiro atoms. The SMILES string of the molecule is CCC(CC)Nc1ccc(CCCC[N+](C)(CC)CC)cc1. The molecule has 0 amide bonds. The summed E-state index contributed by atoms with van der Waals surface area (Å²) in [6.45, 7) is 12.9. The van der Waals surface area contributed by atoms with Crippen molar-refractivity contribution < 1.29 is 4.48 Å². The fraction of sp³-hybridized carbons (Fsp3) is 0.700. The molecule has 0 saturated carbocycles. The Balaban J connectivity index is 2.35. The lowest BCUT2D eigenvalue weighted by atomic mass is 10.1. The lowest BCUT2D eigenvalue weighted by Crippen LogP contribution is -2.44. The minimum Gasteiger partial charge on any atom is -0.382 e. The Morgan fingerprint density at radius 1 is 0.909 bits per heavy atom. The molecule has 0 unspecified atom stereocenters. The van der Waals surface area contributed by atoms with E-state index in [1.54, 1.807) is 0 Å². The maximum Gasteiger partial charge on any atom is 0.0784 e. The fourth-order valence-electron chi connectivity index (χ4n) is 2.86. The number of nitrogens with one attached hydrogen (secondary N) is 1. The van der Waals surface area contributed by atoms with Gasteiger partial charge in [0.2, 0.25) is 0 Å². The molecule has 22 heavy (non-hydrogen) atoms. The molecule has 1 aromatic carbocycles. The van der Waals surface area contributed by atoms with Gasteiger partial charge in [-0.1, -0.05) is 26.0 Å². The van der Waals surface area contributed by atoms with Gasteiger partial charge < -0.3 is 9.80 Å². The second-order valence-electron chi connectivity index (χ2n) is 6.79. The largest absolute Gasteiger partial charge is 0.382 e. The zero-order valence-electron chi connectivity index (χ0n) is 15.5. The molecule has 0 bridgehead atoms. The van der Waals surface area contributed by atoms with Crippen molar-refractivity contribution in [2.75, 3.05) is 32.0 Å². The average Bonchev–Trinajstić information content (AvgIpc) is 2.57. The van der Waals surface area contributed by atoms with E-state index in [0.29, 0.717) is 6.04 Å². The predicted octanol–water partition coefficient (Wildman–Crippen LogP) is 5.10. The molecule has 0 aromatic heterocycles. The molecule has 1 N–H and O–H groups in total. The van der Waals surface area contributed by atoms with Crippen LogP contribution in [-0.2, 0) is 6.42 Å². The van der Waals surface area contributed by atoms with Crippen LogP contribution < -0.4 is 5.32 Å². The molecule has 0 atom stereocenters. The van der Waals surface area contributed by atoms with E-state index in [4.69, 9.17) is 0 Å². The first kappa shape index (κ1) is 19.0. The number of nitrogens with zero attached hydrogens (tertiary/aromatic N) is 1. The Morgan fingerprint density at radius 3 is 2.00 bits per heavy atom. The highest BCUT2D eigenvalue weighted by Gasteiger charge is 2.14. The molecule has 0 saturated heterocycles. The highest BCUT2D eigenvalue weighted by molar-refractivity contribution is 5.45. The van der Waals surface area contributed by atoms with Gasteiger partial charge in [0.15, 0.2) is 0 Å². The van der Waals surface area contributed by atoms with Crippen molar-refractivity contribution in [2.24, 2.45) is 0 Å². The van der Waals surface area contributed by atoms with Gasteiger partial charge in [-0.2, -0.15) is 0 Å². The van der Waals surface area contributed by atoms with E-state index in [1.165, 1.54) is 67.5 Å². The van der Waals surface area contributed by atoms with Crippen molar-refractivity contribution in [3.8, 4) is 0 Å². The normalized spacial score (nSPS) is 11.9. The Morgan fingerprint density at radius 2 is 1.50 bits per heavy atom. The van der Waals surface area contributed by atoms with Gasteiger partial charge >= 0.3 is 0 Å². The van der Waals surface area contributed by atoms with Crippen molar-refractivity contribution in [1.29, 1.82) is 0 Å². The van der Waals surface area contributed by atoms with E-state index in [2.05, 4.69) is 64.3 Å². The number of rotatable bonds is 11. The molecule has 2 nitrogen and oxygen atoms in total. The van der Waals surface area contributed by atoms with Crippen molar-refractivity contribution in [3.63, 3.8) is 0 Å². The van der Waals surface area contributed by atoms with Gasteiger partial charge in [-0.25, -0.2) is 0 Å². The molecule has 0 aliphatic heterocycles.